The fourth-order valence-corrected chi connectivity index (χ4v) is 5.03. The van der Waals surface area contributed by atoms with Crippen LogP contribution in [0.5, 0.6) is 0 Å². The summed E-state index contributed by atoms with van der Waals surface area (Å²) in [5, 5.41) is 5.54. The third-order valence-electron chi connectivity index (χ3n) is 6.20. The maximum atomic E-state index is 13.2. The first kappa shape index (κ1) is 25.0. The van der Waals surface area contributed by atoms with E-state index in [1.165, 1.54) is 30.5 Å². The van der Waals surface area contributed by atoms with E-state index < -0.39 is 23.0 Å². The number of rotatable bonds is 6. The predicted molar refractivity (Wildman–Crippen MR) is 126 cm³/mol. The summed E-state index contributed by atoms with van der Waals surface area (Å²) < 4.78 is 37.7. The highest BCUT2D eigenvalue weighted by molar-refractivity contribution is 8.00. The fourth-order valence-electron chi connectivity index (χ4n) is 4.49. The molecule has 186 valence electrons. The Kier molecular flexibility index (Phi) is 7.07. The Morgan fingerprint density at radius 2 is 1.86 bits per heavy atom. The van der Waals surface area contributed by atoms with Crippen molar-refractivity contribution in [3.8, 4) is 0 Å². The molecule has 4 amide bonds. The van der Waals surface area contributed by atoms with Crippen LogP contribution in [0.3, 0.4) is 0 Å². The van der Waals surface area contributed by atoms with Gasteiger partial charge in [-0.25, -0.2) is 14.7 Å². The van der Waals surface area contributed by atoms with Crippen molar-refractivity contribution in [2.24, 2.45) is 5.92 Å². The largest absolute Gasteiger partial charge is 0.446 e. The highest BCUT2D eigenvalue weighted by Crippen LogP contribution is 2.38. The molecule has 1 aliphatic carbocycles. The molecule has 2 heterocycles. The highest BCUT2D eigenvalue weighted by atomic mass is 32.2. The van der Waals surface area contributed by atoms with E-state index in [9.17, 15) is 27.6 Å². The number of benzene rings is 1. The molecule has 2 N–H and O–H groups in total. The number of urea groups is 1. The SMILES string of the molecule is CC1(Cc2ccnc(NC(=O)C3CCCCC3)c2)NC(=O)N(c2ccc(SC(F)(F)F)cc2)C1=O. The number of pyridine rings is 1. The number of carbonyl (C=O) groups is 3. The Morgan fingerprint density at radius 1 is 1.17 bits per heavy atom. The fraction of sp³-hybridized carbons (Fsp3) is 0.417. The lowest BCUT2D eigenvalue weighted by Crippen LogP contribution is -2.46. The second-order valence-corrected chi connectivity index (χ2v) is 10.1. The Labute approximate surface area is 204 Å². The van der Waals surface area contributed by atoms with E-state index in [1.807, 2.05) is 0 Å². The first-order chi connectivity index (χ1) is 16.5. The molecule has 11 heteroatoms. The second kappa shape index (κ2) is 9.88. The van der Waals surface area contributed by atoms with Crippen LogP contribution < -0.4 is 15.5 Å². The molecule has 1 saturated heterocycles. The molecule has 2 aliphatic rings. The summed E-state index contributed by atoms with van der Waals surface area (Å²) >= 11 is -0.270. The maximum Gasteiger partial charge on any atom is 0.446 e. The van der Waals surface area contributed by atoms with Gasteiger partial charge in [0.15, 0.2) is 0 Å². The molecule has 1 aromatic heterocycles. The lowest BCUT2D eigenvalue weighted by atomic mass is 9.88. The van der Waals surface area contributed by atoms with Gasteiger partial charge in [-0.1, -0.05) is 19.3 Å². The zero-order valence-electron chi connectivity index (χ0n) is 19.0. The van der Waals surface area contributed by atoms with Crippen LogP contribution in [-0.4, -0.2) is 33.9 Å². The zero-order chi connectivity index (χ0) is 25.2. The number of imide groups is 1. The number of alkyl halides is 3. The van der Waals surface area contributed by atoms with Gasteiger partial charge >= 0.3 is 11.5 Å². The lowest BCUT2D eigenvalue weighted by molar-refractivity contribution is -0.122. The van der Waals surface area contributed by atoms with Gasteiger partial charge in [0, 0.05) is 23.4 Å². The number of thioether (sulfide) groups is 1. The monoisotopic (exact) mass is 506 g/mol. The van der Waals surface area contributed by atoms with Gasteiger partial charge in [-0.05, 0) is 73.5 Å². The molecule has 1 unspecified atom stereocenters. The van der Waals surface area contributed by atoms with Crippen LogP contribution in [0.2, 0.25) is 0 Å². The molecular weight excluding hydrogens is 481 g/mol. The Morgan fingerprint density at radius 3 is 2.51 bits per heavy atom. The summed E-state index contributed by atoms with van der Waals surface area (Å²) in [5.74, 6) is -0.239. The van der Waals surface area contributed by atoms with Gasteiger partial charge in [0.25, 0.3) is 5.91 Å². The van der Waals surface area contributed by atoms with E-state index in [1.54, 1.807) is 19.1 Å². The van der Waals surface area contributed by atoms with Gasteiger partial charge in [-0.2, -0.15) is 13.2 Å². The van der Waals surface area contributed by atoms with E-state index in [0.717, 1.165) is 37.0 Å². The average Bonchev–Trinajstić information content (AvgIpc) is 3.02. The molecule has 35 heavy (non-hydrogen) atoms. The van der Waals surface area contributed by atoms with E-state index >= 15 is 0 Å². The summed E-state index contributed by atoms with van der Waals surface area (Å²) in [6.07, 6.45) is 6.60. The standard InChI is InChI=1S/C24H25F3N4O3S/c1-23(14-15-11-12-28-19(13-15)29-20(32)16-5-3-2-4-6-16)21(33)31(22(34)30-23)17-7-9-18(10-8-17)35-24(25,26)27/h7-13,16H,2-6,14H2,1H3,(H,30,34)(H,28,29,32). The van der Waals surface area contributed by atoms with Crippen LogP contribution in [-0.2, 0) is 16.0 Å². The number of nitrogens with one attached hydrogen (secondary N) is 2. The third kappa shape index (κ3) is 5.95. The third-order valence-corrected chi connectivity index (χ3v) is 6.94. The smallest absolute Gasteiger partial charge is 0.323 e. The molecule has 4 rings (SSSR count). The number of amides is 4. The number of halogens is 3. The van der Waals surface area contributed by atoms with Gasteiger partial charge in [0.1, 0.15) is 11.4 Å². The van der Waals surface area contributed by atoms with E-state index in [2.05, 4.69) is 15.6 Å². The topological polar surface area (TPSA) is 91.4 Å². The van der Waals surface area contributed by atoms with Crippen molar-refractivity contribution in [3.05, 3.63) is 48.2 Å². The number of hydrogen-bond acceptors (Lipinski definition) is 5. The quantitative estimate of drug-likeness (QED) is 0.412. The van der Waals surface area contributed by atoms with Crippen LogP contribution >= 0.6 is 11.8 Å². The maximum absolute atomic E-state index is 13.2. The highest BCUT2D eigenvalue weighted by Gasteiger charge is 2.48. The molecule has 1 aliphatic heterocycles. The molecule has 0 spiro atoms. The van der Waals surface area contributed by atoms with Gasteiger partial charge < -0.3 is 10.6 Å². The van der Waals surface area contributed by atoms with Crippen LogP contribution in [0, 0.1) is 5.92 Å². The van der Waals surface area contributed by atoms with Crippen molar-refractivity contribution in [2.45, 2.75) is 61.4 Å². The second-order valence-electron chi connectivity index (χ2n) is 8.99. The van der Waals surface area contributed by atoms with E-state index in [0.29, 0.717) is 11.4 Å². The number of nitrogens with zero attached hydrogens (tertiary/aromatic N) is 2. The normalized spacial score (nSPS) is 21.2. The van der Waals surface area contributed by atoms with Crippen LogP contribution in [0.4, 0.5) is 29.5 Å². The summed E-state index contributed by atoms with van der Waals surface area (Å²) in [5.41, 5.74) is -4.84. The van der Waals surface area contributed by atoms with E-state index in [4.69, 9.17) is 0 Å². The summed E-state index contributed by atoms with van der Waals surface area (Å²) in [7, 11) is 0. The molecule has 0 bridgehead atoms. The summed E-state index contributed by atoms with van der Waals surface area (Å²) in [6, 6.07) is 7.77. The van der Waals surface area contributed by atoms with E-state index in [-0.39, 0.29) is 40.6 Å². The molecule has 2 aromatic rings. The number of hydrogen-bond donors (Lipinski definition) is 2. The number of carbonyl (C=O) groups excluding carboxylic acids is 3. The molecular formula is C24H25F3N4O3S. The first-order valence-corrected chi connectivity index (χ1v) is 12.1. The average molecular weight is 507 g/mol. The molecule has 1 saturated carbocycles. The molecule has 1 aromatic carbocycles. The Balaban J connectivity index is 1.45. The molecule has 7 nitrogen and oxygen atoms in total. The van der Waals surface area contributed by atoms with Gasteiger partial charge in [-0.15, -0.1) is 0 Å². The van der Waals surface area contributed by atoms with Gasteiger partial charge in [0.2, 0.25) is 5.91 Å². The van der Waals surface area contributed by atoms with Crippen molar-refractivity contribution in [1.29, 1.82) is 0 Å². The molecule has 2 fully saturated rings. The Hall–Kier alpha value is -3.08. The summed E-state index contributed by atoms with van der Waals surface area (Å²) in [6.45, 7) is 1.59. The minimum absolute atomic E-state index is 0.0306. The van der Waals surface area contributed by atoms with Crippen molar-refractivity contribution < 1.29 is 27.6 Å². The Bertz CT molecular complexity index is 1120. The van der Waals surface area contributed by atoms with Crippen molar-refractivity contribution in [1.82, 2.24) is 10.3 Å². The number of aromatic nitrogens is 1. The minimum atomic E-state index is -4.43. The van der Waals surface area contributed by atoms with Crippen LogP contribution in [0.25, 0.3) is 0 Å². The zero-order valence-corrected chi connectivity index (χ0v) is 19.8. The molecule has 0 radical (unpaired) electrons. The number of anilines is 2. The lowest BCUT2D eigenvalue weighted by Gasteiger charge is -2.23. The predicted octanol–water partition coefficient (Wildman–Crippen LogP) is 5.27. The minimum Gasteiger partial charge on any atom is -0.323 e. The van der Waals surface area contributed by atoms with Gasteiger partial charge in [0.05, 0.1) is 5.69 Å². The van der Waals surface area contributed by atoms with Crippen molar-refractivity contribution >= 4 is 41.1 Å². The van der Waals surface area contributed by atoms with Crippen molar-refractivity contribution in [2.75, 3.05) is 10.2 Å². The van der Waals surface area contributed by atoms with Crippen LogP contribution in [0.15, 0.2) is 47.5 Å². The van der Waals surface area contributed by atoms with Crippen molar-refractivity contribution in [3.63, 3.8) is 0 Å². The van der Waals surface area contributed by atoms with Gasteiger partial charge in [-0.3, -0.25) is 9.59 Å². The summed E-state index contributed by atoms with van der Waals surface area (Å²) in [4.78, 5) is 43.5. The first-order valence-electron chi connectivity index (χ1n) is 11.3. The molecule has 1 atom stereocenters. The van der Waals surface area contributed by atoms with Crippen LogP contribution in [0.1, 0.15) is 44.6 Å².